The molecule has 0 bridgehead atoms. The summed E-state index contributed by atoms with van der Waals surface area (Å²) in [5.74, 6) is -0.205. The van der Waals surface area contributed by atoms with Crippen molar-refractivity contribution in [2.75, 3.05) is 19.0 Å². The molecule has 0 radical (unpaired) electrons. The number of rotatable bonds is 6. The Morgan fingerprint density at radius 2 is 2.12 bits per heavy atom. The van der Waals surface area contributed by atoms with Crippen LogP contribution in [0, 0.1) is 5.82 Å². The monoisotopic (exact) mass is 330 g/mol. The number of anilines is 1. The number of hydrogen-bond acceptors (Lipinski definition) is 5. The van der Waals surface area contributed by atoms with Crippen LogP contribution in [0.15, 0.2) is 30.5 Å². The van der Waals surface area contributed by atoms with Gasteiger partial charge in [0, 0.05) is 26.1 Å². The molecule has 1 saturated heterocycles. The van der Waals surface area contributed by atoms with E-state index in [9.17, 15) is 9.18 Å². The topological polar surface area (TPSA) is 67.3 Å². The minimum atomic E-state index is -0.601. The Morgan fingerprint density at radius 3 is 2.83 bits per heavy atom. The molecule has 1 aliphatic heterocycles. The Labute approximate surface area is 139 Å². The van der Waals surface area contributed by atoms with Crippen LogP contribution >= 0.6 is 0 Å². The third kappa shape index (κ3) is 3.61. The van der Waals surface area contributed by atoms with Gasteiger partial charge in [-0.1, -0.05) is 24.3 Å². The average molecular weight is 330 g/mol. The number of nitrogens with one attached hydrogen (secondary N) is 1. The Bertz CT molecular complexity index is 738. The molecule has 2 aromatic rings. The Balaban J connectivity index is 1.70. The number of likely N-dealkylation sites (tertiary alicyclic amines) is 1. The summed E-state index contributed by atoms with van der Waals surface area (Å²) in [6, 6.07) is 7.90. The molecule has 24 heavy (non-hydrogen) atoms. The highest BCUT2D eigenvalue weighted by molar-refractivity contribution is 5.78. The lowest BCUT2D eigenvalue weighted by molar-refractivity contribution is -0.128. The first-order valence-corrected chi connectivity index (χ1v) is 7.82. The van der Waals surface area contributed by atoms with E-state index in [1.807, 2.05) is 29.2 Å². The number of hydrogen-bond donors (Lipinski definition) is 1. The molecule has 0 saturated carbocycles. The highest BCUT2D eigenvalue weighted by atomic mass is 19.1. The Morgan fingerprint density at radius 1 is 1.33 bits per heavy atom. The molecule has 2 heterocycles. The molecule has 0 aliphatic carbocycles. The second-order valence-electron chi connectivity index (χ2n) is 5.59. The lowest BCUT2D eigenvalue weighted by atomic mass is 10.1. The number of carbonyl (C=O) groups excluding carboxylic acids is 1. The third-order valence-electron chi connectivity index (χ3n) is 3.99. The molecule has 3 rings (SSSR count). The number of halogens is 1. The van der Waals surface area contributed by atoms with Gasteiger partial charge in [0.15, 0.2) is 0 Å². The zero-order valence-corrected chi connectivity index (χ0v) is 13.5. The predicted octanol–water partition coefficient (Wildman–Crippen LogP) is 2.36. The molecule has 1 aliphatic rings. The molecule has 6 nitrogen and oxygen atoms in total. The van der Waals surface area contributed by atoms with Gasteiger partial charge >= 0.3 is 0 Å². The Kier molecular flexibility index (Phi) is 4.88. The maximum atomic E-state index is 13.3. The predicted molar refractivity (Wildman–Crippen MR) is 87.0 cm³/mol. The van der Waals surface area contributed by atoms with E-state index in [2.05, 4.69) is 15.3 Å². The largest absolute Gasteiger partial charge is 0.479 e. The van der Waals surface area contributed by atoms with Crippen LogP contribution in [0.4, 0.5) is 10.3 Å². The molecule has 0 atom stereocenters. The summed E-state index contributed by atoms with van der Waals surface area (Å²) >= 11 is 0. The fourth-order valence-corrected chi connectivity index (χ4v) is 2.72. The molecular formula is C17H19FN4O2. The molecule has 1 fully saturated rings. The van der Waals surface area contributed by atoms with Crippen molar-refractivity contribution in [2.45, 2.75) is 25.9 Å². The van der Waals surface area contributed by atoms with E-state index in [0.717, 1.165) is 30.3 Å². The molecule has 0 spiro atoms. The van der Waals surface area contributed by atoms with Crippen LogP contribution < -0.4 is 10.1 Å². The van der Waals surface area contributed by atoms with E-state index in [1.165, 1.54) is 7.11 Å². The van der Waals surface area contributed by atoms with Gasteiger partial charge < -0.3 is 15.0 Å². The highest BCUT2D eigenvalue weighted by Gasteiger charge is 2.20. The number of nitrogens with zero attached hydrogens (tertiary/aromatic N) is 3. The molecule has 126 valence electrons. The summed E-state index contributed by atoms with van der Waals surface area (Å²) in [4.78, 5) is 21.6. The van der Waals surface area contributed by atoms with Crippen LogP contribution in [-0.4, -0.2) is 34.4 Å². The van der Waals surface area contributed by atoms with Crippen molar-refractivity contribution in [3.8, 4) is 5.88 Å². The van der Waals surface area contributed by atoms with Crippen LogP contribution in [0.3, 0.4) is 0 Å². The van der Waals surface area contributed by atoms with E-state index in [4.69, 9.17) is 4.74 Å². The van der Waals surface area contributed by atoms with Crippen LogP contribution in [0.1, 0.15) is 24.0 Å². The van der Waals surface area contributed by atoms with Crippen molar-refractivity contribution in [3.63, 3.8) is 0 Å². The van der Waals surface area contributed by atoms with Crippen molar-refractivity contribution in [1.29, 1.82) is 0 Å². The molecule has 1 aromatic heterocycles. The van der Waals surface area contributed by atoms with Gasteiger partial charge in [0.25, 0.3) is 5.88 Å². The molecule has 7 heteroatoms. The first kappa shape index (κ1) is 16.2. The standard InChI is InChI=1S/C17H19FN4O2/c1-24-16-14(18)10-20-17(21-16)19-9-12-5-2-3-6-13(12)11-22-8-4-7-15(22)23/h2-3,5-6,10H,4,7-9,11H2,1H3,(H,19,20,21). The minimum Gasteiger partial charge on any atom is -0.479 e. The number of amides is 1. The van der Waals surface area contributed by atoms with E-state index >= 15 is 0 Å². The van der Waals surface area contributed by atoms with Gasteiger partial charge in [-0.3, -0.25) is 4.79 Å². The van der Waals surface area contributed by atoms with Gasteiger partial charge in [0.2, 0.25) is 17.7 Å². The van der Waals surface area contributed by atoms with Gasteiger partial charge in [-0.05, 0) is 17.5 Å². The van der Waals surface area contributed by atoms with Crippen molar-refractivity contribution in [3.05, 3.63) is 47.4 Å². The lowest BCUT2D eigenvalue weighted by Gasteiger charge is -2.18. The smallest absolute Gasteiger partial charge is 0.255 e. The minimum absolute atomic E-state index is 0.0940. The normalized spacial score (nSPS) is 14.1. The van der Waals surface area contributed by atoms with Crippen molar-refractivity contribution >= 4 is 11.9 Å². The van der Waals surface area contributed by atoms with Crippen molar-refractivity contribution in [2.24, 2.45) is 0 Å². The first-order chi connectivity index (χ1) is 11.7. The van der Waals surface area contributed by atoms with Crippen molar-refractivity contribution < 1.29 is 13.9 Å². The summed E-state index contributed by atoms with van der Waals surface area (Å²) in [6.45, 7) is 1.89. The second kappa shape index (κ2) is 7.25. The fourth-order valence-electron chi connectivity index (χ4n) is 2.72. The second-order valence-corrected chi connectivity index (χ2v) is 5.59. The highest BCUT2D eigenvalue weighted by Crippen LogP contribution is 2.19. The van der Waals surface area contributed by atoms with E-state index in [1.54, 1.807) is 0 Å². The maximum Gasteiger partial charge on any atom is 0.255 e. The summed E-state index contributed by atoms with van der Waals surface area (Å²) in [7, 11) is 1.36. The SMILES string of the molecule is COc1nc(NCc2ccccc2CN2CCCC2=O)ncc1F. The molecule has 0 unspecified atom stereocenters. The summed E-state index contributed by atoms with van der Waals surface area (Å²) in [5.41, 5.74) is 2.12. The quantitative estimate of drug-likeness (QED) is 0.881. The van der Waals surface area contributed by atoms with E-state index in [-0.39, 0.29) is 11.8 Å². The number of aromatic nitrogens is 2. The number of ether oxygens (including phenoxy) is 1. The summed E-state index contributed by atoms with van der Waals surface area (Å²) < 4.78 is 18.2. The molecule has 1 N–H and O–H groups in total. The Hall–Kier alpha value is -2.70. The van der Waals surface area contributed by atoms with E-state index < -0.39 is 5.82 Å². The lowest BCUT2D eigenvalue weighted by Crippen LogP contribution is -2.24. The van der Waals surface area contributed by atoms with Gasteiger partial charge in [-0.15, -0.1) is 0 Å². The molecule has 1 amide bonds. The number of benzene rings is 1. The number of carbonyl (C=O) groups is 1. The van der Waals surface area contributed by atoms with Crippen LogP contribution in [0.25, 0.3) is 0 Å². The van der Waals surface area contributed by atoms with Crippen LogP contribution in [-0.2, 0) is 17.9 Å². The fraction of sp³-hybridized carbons (Fsp3) is 0.353. The summed E-state index contributed by atoms with van der Waals surface area (Å²) in [5, 5.41) is 3.07. The molecular weight excluding hydrogens is 311 g/mol. The van der Waals surface area contributed by atoms with Gasteiger partial charge in [0.05, 0.1) is 13.3 Å². The summed E-state index contributed by atoms with van der Waals surface area (Å²) in [6.07, 6.45) is 2.62. The third-order valence-corrected chi connectivity index (χ3v) is 3.99. The van der Waals surface area contributed by atoms with Crippen molar-refractivity contribution in [1.82, 2.24) is 14.9 Å². The number of methoxy groups -OCH3 is 1. The maximum absolute atomic E-state index is 13.3. The van der Waals surface area contributed by atoms with Gasteiger partial charge in [0.1, 0.15) is 0 Å². The molecule has 1 aromatic carbocycles. The zero-order valence-electron chi connectivity index (χ0n) is 13.5. The first-order valence-electron chi connectivity index (χ1n) is 7.82. The zero-order chi connectivity index (χ0) is 16.9. The van der Waals surface area contributed by atoms with Crippen LogP contribution in [0.5, 0.6) is 5.88 Å². The van der Waals surface area contributed by atoms with Crippen LogP contribution in [0.2, 0.25) is 0 Å². The van der Waals surface area contributed by atoms with Gasteiger partial charge in [-0.25, -0.2) is 4.98 Å². The average Bonchev–Trinajstić information content (AvgIpc) is 3.00. The van der Waals surface area contributed by atoms with Gasteiger partial charge in [-0.2, -0.15) is 9.37 Å². The van der Waals surface area contributed by atoms with E-state index in [0.29, 0.717) is 25.5 Å².